The maximum Gasteiger partial charge on any atom is 0.416 e. The summed E-state index contributed by atoms with van der Waals surface area (Å²) in [4.78, 5) is 10.9. The van der Waals surface area contributed by atoms with E-state index >= 15 is 0 Å². The summed E-state index contributed by atoms with van der Waals surface area (Å²) in [7, 11) is 1.92. The minimum Gasteiger partial charge on any atom is -0.324 e. The molecular weight excluding hydrogens is 405 g/mol. The normalized spacial score (nSPS) is 18.3. The number of fused-ring (bicyclic) bond motifs is 2. The Kier molecular flexibility index (Phi) is 5.08. The molecule has 1 saturated carbocycles. The van der Waals surface area contributed by atoms with Crippen molar-refractivity contribution in [2.45, 2.75) is 57.3 Å². The Labute approximate surface area is 178 Å². The number of halogens is 3. The smallest absolute Gasteiger partial charge is 0.324 e. The van der Waals surface area contributed by atoms with Crippen molar-refractivity contribution in [1.82, 2.24) is 24.6 Å². The largest absolute Gasteiger partial charge is 0.416 e. The van der Waals surface area contributed by atoms with Crippen LogP contribution in [0.25, 0.3) is 11.0 Å². The van der Waals surface area contributed by atoms with Gasteiger partial charge < -0.3 is 10.2 Å². The Bertz CT molecular complexity index is 1100. The molecule has 1 fully saturated rings. The molecule has 6 nitrogen and oxygen atoms in total. The lowest BCUT2D eigenvalue weighted by atomic mass is 9.93. The quantitative estimate of drug-likeness (QED) is 0.628. The van der Waals surface area contributed by atoms with Crippen molar-refractivity contribution in [3.63, 3.8) is 0 Å². The van der Waals surface area contributed by atoms with E-state index in [4.69, 9.17) is 0 Å². The number of nitrogens with one attached hydrogen (secondary N) is 1. The lowest BCUT2D eigenvalue weighted by Gasteiger charge is -2.28. The van der Waals surface area contributed by atoms with E-state index in [2.05, 4.69) is 20.4 Å². The number of benzene rings is 1. The van der Waals surface area contributed by atoms with Crippen molar-refractivity contribution in [3.8, 4) is 0 Å². The van der Waals surface area contributed by atoms with Crippen molar-refractivity contribution in [1.29, 1.82) is 0 Å². The van der Waals surface area contributed by atoms with Crippen LogP contribution in [0.4, 0.5) is 24.8 Å². The van der Waals surface area contributed by atoms with Gasteiger partial charge in [-0.15, -0.1) is 0 Å². The Balaban J connectivity index is 1.50. The molecule has 0 bridgehead atoms. The van der Waals surface area contributed by atoms with Crippen LogP contribution in [0.5, 0.6) is 0 Å². The van der Waals surface area contributed by atoms with Gasteiger partial charge in [-0.3, -0.25) is 0 Å². The van der Waals surface area contributed by atoms with Crippen molar-refractivity contribution in [3.05, 3.63) is 41.2 Å². The lowest BCUT2D eigenvalue weighted by Crippen LogP contribution is -2.28. The van der Waals surface area contributed by atoms with Crippen LogP contribution in [-0.4, -0.2) is 38.2 Å². The number of alkyl halides is 3. The third-order valence-electron chi connectivity index (χ3n) is 6.34. The minimum atomic E-state index is -4.40. The molecule has 2 aliphatic rings. The zero-order chi connectivity index (χ0) is 21.6. The summed E-state index contributed by atoms with van der Waals surface area (Å²) >= 11 is 0. The fourth-order valence-electron chi connectivity index (χ4n) is 4.78. The molecule has 0 spiro atoms. The molecule has 2 aromatic heterocycles. The van der Waals surface area contributed by atoms with Crippen LogP contribution in [0.15, 0.2) is 24.5 Å². The molecule has 0 unspecified atom stereocenters. The molecule has 0 saturated heterocycles. The van der Waals surface area contributed by atoms with Crippen LogP contribution in [-0.2, 0) is 19.1 Å². The van der Waals surface area contributed by atoms with Gasteiger partial charge in [0.15, 0.2) is 5.65 Å². The van der Waals surface area contributed by atoms with Crippen LogP contribution < -0.4 is 5.32 Å². The highest BCUT2D eigenvalue weighted by Gasteiger charge is 2.36. The first-order chi connectivity index (χ1) is 14.9. The fourth-order valence-corrected chi connectivity index (χ4v) is 4.78. The number of hydrogen-bond acceptors (Lipinski definition) is 5. The predicted octanol–water partition coefficient (Wildman–Crippen LogP) is 5.08. The van der Waals surface area contributed by atoms with E-state index in [1.54, 1.807) is 18.5 Å². The molecule has 9 heteroatoms. The van der Waals surface area contributed by atoms with Gasteiger partial charge >= 0.3 is 6.18 Å². The van der Waals surface area contributed by atoms with Gasteiger partial charge in [-0.1, -0.05) is 19.3 Å². The number of rotatable bonds is 3. The van der Waals surface area contributed by atoms with Gasteiger partial charge in [-0.05, 0) is 49.6 Å². The topological polar surface area (TPSA) is 58.9 Å². The number of anilines is 2. The molecule has 31 heavy (non-hydrogen) atoms. The van der Waals surface area contributed by atoms with Gasteiger partial charge in [-0.2, -0.15) is 23.3 Å². The van der Waals surface area contributed by atoms with Crippen LogP contribution in [0.2, 0.25) is 0 Å². The SMILES string of the molecule is CN1CCc2c(cc(Nc3ncc4cnn(C5CCCCC5)c4n3)cc2C(F)(F)F)C1. The average molecular weight is 430 g/mol. The standard InChI is InChI=1S/C22H25F3N6/c1-30-8-7-18-14(13-30)9-16(10-19(18)22(23,24)25)28-21-26-11-15-12-27-31(20(15)29-21)17-5-3-2-4-6-17/h9-12,17H,2-8,13H2,1H3,(H,26,28,29). The Hall–Kier alpha value is -2.68. The predicted molar refractivity (Wildman–Crippen MR) is 112 cm³/mol. The number of hydrogen-bond donors (Lipinski definition) is 1. The highest BCUT2D eigenvalue weighted by atomic mass is 19.4. The van der Waals surface area contributed by atoms with Gasteiger partial charge in [0.2, 0.25) is 5.95 Å². The highest BCUT2D eigenvalue weighted by Crippen LogP contribution is 2.38. The first-order valence-electron chi connectivity index (χ1n) is 10.8. The van der Waals surface area contributed by atoms with Crippen molar-refractivity contribution in [2.75, 3.05) is 18.9 Å². The molecule has 0 radical (unpaired) electrons. The zero-order valence-electron chi connectivity index (χ0n) is 17.4. The van der Waals surface area contributed by atoms with E-state index in [-0.39, 0.29) is 5.95 Å². The lowest BCUT2D eigenvalue weighted by molar-refractivity contribution is -0.138. The average Bonchev–Trinajstić information content (AvgIpc) is 3.16. The first kappa shape index (κ1) is 20.2. The van der Waals surface area contributed by atoms with Gasteiger partial charge in [0.1, 0.15) is 0 Å². The van der Waals surface area contributed by atoms with Gasteiger partial charge in [0.25, 0.3) is 0 Å². The summed E-state index contributed by atoms with van der Waals surface area (Å²) in [5.74, 6) is 0.280. The molecule has 1 aliphatic heterocycles. The molecule has 0 amide bonds. The Morgan fingerprint density at radius 3 is 2.68 bits per heavy atom. The summed E-state index contributed by atoms with van der Waals surface area (Å²) in [5, 5.41) is 8.36. The minimum absolute atomic E-state index is 0.280. The molecule has 1 aromatic carbocycles. The van der Waals surface area contributed by atoms with E-state index in [1.807, 2.05) is 16.6 Å². The maximum atomic E-state index is 13.7. The van der Waals surface area contributed by atoms with E-state index in [1.165, 1.54) is 25.3 Å². The van der Waals surface area contributed by atoms with Gasteiger partial charge in [-0.25, -0.2) is 9.67 Å². The summed E-state index contributed by atoms with van der Waals surface area (Å²) in [6, 6.07) is 3.27. The van der Waals surface area contributed by atoms with Crippen LogP contribution in [0.3, 0.4) is 0 Å². The van der Waals surface area contributed by atoms with Crippen LogP contribution in [0.1, 0.15) is 54.8 Å². The van der Waals surface area contributed by atoms with Gasteiger partial charge in [0.05, 0.1) is 23.2 Å². The first-order valence-corrected chi connectivity index (χ1v) is 10.8. The third-order valence-corrected chi connectivity index (χ3v) is 6.34. The Morgan fingerprint density at radius 2 is 1.90 bits per heavy atom. The maximum absolute atomic E-state index is 13.7. The van der Waals surface area contributed by atoms with Crippen LogP contribution >= 0.6 is 0 Å². The zero-order valence-corrected chi connectivity index (χ0v) is 17.4. The summed E-state index contributed by atoms with van der Waals surface area (Å²) in [6.07, 6.45) is 5.14. The number of aromatic nitrogens is 4. The highest BCUT2D eigenvalue weighted by molar-refractivity contribution is 5.75. The molecule has 3 heterocycles. The molecule has 5 rings (SSSR count). The number of nitrogens with zero attached hydrogens (tertiary/aromatic N) is 5. The molecular formula is C22H25F3N6. The van der Waals surface area contributed by atoms with Crippen molar-refractivity contribution in [2.24, 2.45) is 0 Å². The van der Waals surface area contributed by atoms with Gasteiger partial charge in [0, 0.05) is 25.0 Å². The van der Waals surface area contributed by atoms with Crippen molar-refractivity contribution >= 4 is 22.7 Å². The van der Waals surface area contributed by atoms with E-state index < -0.39 is 11.7 Å². The fraction of sp³-hybridized carbons (Fsp3) is 0.500. The molecule has 1 aliphatic carbocycles. The van der Waals surface area contributed by atoms with Crippen LogP contribution in [0, 0.1) is 0 Å². The summed E-state index contributed by atoms with van der Waals surface area (Å²) in [5.41, 5.74) is 1.58. The molecule has 1 N–H and O–H groups in total. The summed E-state index contributed by atoms with van der Waals surface area (Å²) in [6.45, 7) is 1.11. The van der Waals surface area contributed by atoms with Crippen molar-refractivity contribution < 1.29 is 13.2 Å². The molecule has 0 atom stereocenters. The second kappa shape index (κ2) is 7.78. The van der Waals surface area contributed by atoms with E-state index in [9.17, 15) is 13.2 Å². The third kappa shape index (κ3) is 3.98. The Morgan fingerprint density at radius 1 is 1.10 bits per heavy atom. The monoisotopic (exact) mass is 430 g/mol. The van der Waals surface area contributed by atoms with E-state index in [0.29, 0.717) is 42.4 Å². The number of likely N-dealkylation sites (N-methyl/N-ethyl adjacent to an activating group) is 1. The molecule has 3 aromatic rings. The second-order valence-electron chi connectivity index (χ2n) is 8.63. The molecule has 164 valence electrons. The van der Waals surface area contributed by atoms with E-state index in [0.717, 1.165) is 23.9 Å². The summed E-state index contributed by atoms with van der Waals surface area (Å²) < 4.78 is 43.1. The second-order valence-corrected chi connectivity index (χ2v) is 8.63.